The molecule has 0 atom stereocenters. The Hall–Kier alpha value is -11.5. The maximum Gasteiger partial charge on any atom is 0.352 e. The lowest BCUT2D eigenvalue weighted by molar-refractivity contribution is 0.0768. The van der Waals surface area contributed by atoms with Crippen LogP contribution < -0.4 is 9.47 Å². The SMILES string of the molecule is CC1(C)c2cc(C(=O)c3ccccc3)ccc2-c2cccc(Sc3ccc(-c4cccc(SOC(=O)c5c(-c6c(F)c(F)c(F)c(F)c6F)c(O)c(Oc6c(F)c(F)c(F)c(F)c6F)c(Oc6c(F)c(F)c(F)c(F)c6F)c5-c5c(F)c(F)c(F)c(F)c5F)c4-c4cccc5c4C(C)(C)c4ccccc4-5)cc3)c21. The maximum absolute atomic E-state index is 17.0. The molecule has 0 saturated heterocycles. The minimum absolute atomic E-state index is 0.0590. The molecule has 2 aliphatic carbocycles. The van der Waals surface area contributed by atoms with Crippen molar-refractivity contribution in [1.82, 2.24) is 0 Å². The summed E-state index contributed by atoms with van der Waals surface area (Å²) in [5.41, 5.74) is -7.21. The fraction of sp³-hybridized carbons (Fsp3) is 0.0750. The minimum Gasteiger partial charge on any atom is -0.504 e. The maximum atomic E-state index is 17.0. The van der Waals surface area contributed by atoms with Crippen LogP contribution in [0.25, 0.3) is 66.8 Å². The smallest absolute Gasteiger partial charge is 0.352 e. The van der Waals surface area contributed by atoms with Gasteiger partial charge in [-0.05, 0) is 91.5 Å². The number of aromatic hydroxyl groups is 1. The van der Waals surface area contributed by atoms with Crippen molar-refractivity contribution in [1.29, 1.82) is 0 Å². The van der Waals surface area contributed by atoms with E-state index in [1.165, 1.54) is 23.9 Å². The van der Waals surface area contributed by atoms with Gasteiger partial charge < -0.3 is 18.8 Å². The number of fused-ring (bicyclic) bond motifs is 6. The van der Waals surface area contributed by atoms with Crippen LogP contribution in [0.3, 0.4) is 0 Å². The molecule has 12 aromatic rings. The number of ketones is 1. The second-order valence-electron chi connectivity index (χ2n) is 25.4. The van der Waals surface area contributed by atoms with E-state index in [2.05, 4.69) is 0 Å². The van der Waals surface area contributed by atoms with Gasteiger partial charge >= 0.3 is 5.97 Å². The Labute approximate surface area is 604 Å². The molecule has 14 rings (SSSR count). The number of carbonyl (C=O) groups is 2. The molecule has 0 spiro atoms. The molecule has 0 heterocycles. The molecular weight excluding hydrogens is 1500 g/mol. The number of hydrogen-bond acceptors (Lipinski definition) is 8. The highest BCUT2D eigenvalue weighted by Crippen LogP contribution is 2.61. The summed E-state index contributed by atoms with van der Waals surface area (Å²) < 4.78 is 330. The van der Waals surface area contributed by atoms with Gasteiger partial charge in [-0.1, -0.05) is 161 Å². The molecule has 1 N–H and O–H groups in total. The van der Waals surface area contributed by atoms with Crippen LogP contribution in [0.4, 0.5) is 87.8 Å². The molecule has 28 heteroatoms. The van der Waals surface area contributed by atoms with Crippen LogP contribution in [0.2, 0.25) is 0 Å². The topological polar surface area (TPSA) is 82.1 Å². The molecule has 546 valence electrons. The average molecular weight is 1540 g/mol. The minimum atomic E-state index is -3.30. The lowest BCUT2D eigenvalue weighted by Crippen LogP contribution is -2.17. The molecular formula is C80H38F20O6S2. The molecule has 108 heavy (non-hydrogen) atoms. The fourth-order valence-electron chi connectivity index (χ4n) is 13.7. The summed E-state index contributed by atoms with van der Waals surface area (Å²) in [4.78, 5) is 30.6. The van der Waals surface area contributed by atoms with Crippen molar-refractivity contribution in [2.45, 2.75) is 53.2 Å². The van der Waals surface area contributed by atoms with E-state index in [1.807, 2.05) is 70.2 Å². The van der Waals surface area contributed by atoms with Crippen molar-refractivity contribution in [2.75, 3.05) is 0 Å². The average Bonchev–Trinajstić information content (AvgIpc) is 1.72. The lowest BCUT2D eigenvalue weighted by Gasteiger charge is -2.26. The second kappa shape index (κ2) is 27.1. The van der Waals surface area contributed by atoms with Crippen LogP contribution >= 0.6 is 23.8 Å². The third kappa shape index (κ3) is 11.4. The number of benzene rings is 12. The molecule has 0 aromatic heterocycles. The van der Waals surface area contributed by atoms with Crippen molar-refractivity contribution in [3.63, 3.8) is 0 Å². The fourth-order valence-corrected chi connectivity index (χ4v) is 15.5. The Morgan fingerprint density at radius 1 is 0.333 bits per heavy atom. The van der Waals surface area contributed by atoms with E-state index >= 15 is 83.8 Å². The van der Waals surface area contributed by atoms with E-state index in [-0.39, 0.29) is 33.8 Å². The van der Waals surface area contributed by atoms with Crippen molar-refractivity contribution in [2.24, 2.45) is 0 Å². The van der Waals surface area contributed by atoms with Crippen LogP contribution in [-0.4, -0.2) is 16.9 Å². The highest BCUT2D eigenvalue weighted by atomic mass is 32.2. The van der Waals surface area contributed by atoms with Gasteiger partial charge in [0.15, 0.2) is 63.8 Å². The summed E-state index contributed by atoms with van der Waals surface area (Å²) in [5.74, 6) is -81.0. The van der Waals surface area contributed by atoms with Gasteiger partial charge in [-0.25, -0.2) is 75.0 Å². The molecule has 0 fully saturated rings. The van der Waals surface area contributed by atoms with E-state index in [0.717, 1.165) is 38.3 Å². The monoisotopic (exact) mass is 1540 g/mol. The number of rotatable bonds is 15. The number of phenolic OH excluding ortho intramolecular Hbond substituents is 1. The van der Waals surface area contributed by atoms with E-state index in [0.29, 0.717) is 38.3 Å². The highest BCUT2D eigenvalue weighted by molar-refractivity contribution is 7.99. The summed E-state index contributed by atoms with van der Waals surface area (Å²) >= 11 is 1.16. The Balaban J connectivity index is 0.978. The predicted molar refractivity (Wildman–Crippen MR) is 355 cm³/mol. The number of halogens is 20. The third-order valence-corrected chi connectivity index (χ3v) is 20.5. The van der Waals surface area contributed by atoms with Gasteiger partial charge in [-0.3, -0.25) is 4.79 Å². The largest absolute Gasteiger partial charge is 0.504 e. The van der Waals surface area contributed by atoms with Gasteiger partial charge in [0.2, 0.25) is 87.1 Å². The Morgan fingerprint density at radius 2 is 0.750 bits per heavy atom. The van der Waals surface area contributed by atoms with Crippen LogP contribution in [0.1, 0.15) is 76.2 Å². The predicted octanol–water partition coefficient (Wildman–Crippen LogP) is 24.3. The summed E-state index contributed by atoms with van der Waals surface area (Å²) in [6.45, 7) is 7.73. The molecule has 0 aliphatic heterocycles. The van der Waals surface area contributed by atoms with Crippen LogP contribution in [0.15, 0.2) is 166 Å². The lowest BCUT2D eigenvalue weighted by atomic mass is 9.78. The van der Waals surface area contributed by atoms with E-state index in [9.17, 15) is 18.7 Å². The normalized spacial score (nSPS) is 13.0. The van der Waals surface area contributed by atoms with Crippen molar-refractivity contribution in [3.8, 4) is 95.5 Å². The summed E-state index contributed by atoms with van der Waals surface area (Å²) in [6, 6.07) is 43.1. The Kier molecular flexibility index (Phi) is 18.4. The molecule has 2 aliphatic rings. The molecule has 12 aromatic carbocycles. The zero-order valence-corrected chi connectivity index (χ0v) is 56.4. The molecule has 0 bridgehead atoms. The van der Waals surface area contributed by atoms with Crippen LogP contribution in [0.5, 0.6) is 28.7 Å². The Bertz CT molecular complexity index is 5820. The second-order valence-corrected chi connectivity index (χ2v) is 27.3. The zero-order chi connectivity index (χ0) is 77.5. The molecule has 0 unspecified atom stereocenters. The summed E-state index contributed by atoms with van der Waals surface area (Å²) in [5, 5.41) is 12.3. The van der Waals surface area contributed by atoms with Gasteiger partial charge in [0.1, 0.15) is 0 Å². The first-order valence-corrected chi connectivity index (χ1v) is 33.0. The van der Waals surface area contributed by atoms with Crippen molar-refractivity contribution in [3.05, 3.63) is 307 Å². The number of carbonyl (C=O) groups excluding carboxylic acids is 2. The quantitative estimate of drug-likeness (QED) is 0.0357. The van der Waals surface area contributed by atoms with Gasteiger partial charge in [0, 0.05) is 48.4 Å². The number of phenols is 1. The number of hydrogen-bond donors (Lipinski definition) is 1. The third-order valence-electron chi connectivity index (χ3n) is 18.7. The van der Waals surface area contributed by atoms with Crippen LogP contribution in [0, 0.1) is 116 Å². The molecule has 6 nitrogen and oxygen atoms in total. The number of ether oxygens (including phenoxy) is 2. The molecule has 0 amide bonds. The highest BCUT2D eigenvalue weighted by Gasteiger charge is 2.46. The summed E-state index contributed by atoms with van der Waals surface area (Å²) in [6.07, 6.45) is 0. The van der Waals surface area contributed by atoms with Crippen molar-refractivity contribution < 1.29 is 116 Å². The van der Waals surface area contributed by atoms with Gasteiger partial charge in [0.05, 0.1) is 33.6 Å². The van der Waals surface area contributed by atoms with Crippen molar-refractivity contribution >= 4 is 35.6 Å². The van der Waals surface area contributed by atoms with E-state index in [1.54, 1.807) is 97.1 Å². The van der Waals surface area contributed by atoms with E-state index < -0.39 is 190 Å². The van der Waals surface area contributed by atoms with Gasteiger partial charge in [-0.15, -0.1) is 0 Å². The van der Waals surface area contributed by atoms with Crippen LogP contribution in [-0.2, 0) is 15.0 Å². The Morgan fingerprint density at radius 3 is 1.30 bits per heavy atom. The zero-order valence-electron chi connectivity index (χ0n) is 54.8. The van der Waals surface area contributed by atoms with E-state index in [4.69, 9.17) is 13.7 Å². The first-order chi connectivity index (χ1) is 51.2. The summed E-state index contributed by atoms with van der Waals surface area (Å²) in [7, 11) is 0. The molecule has 0 radical (unpaired) electrons. The van der Waals surface area contributed by atoms with Gasteiger partial charge in [-0.2, -0.15) is 17.6 Å². The molecule has 0 saturated carbocycles. The first-order valence-electron chi connectivity index (χ1n) is 31.5. The standard InChI is InChI=1S/C80H38F20O6S2/c1-79(2)40-20-9-8-15-35(40)37-17-10-19-39(50(37)79)44-34(30-23-26-33(27-24-30)107-43-22-12-18-38-36-28-25-32(29-41(36)80(3,4)51(38)43)72(101)31-13-6-5-7-14-31)16-11-21-42(44)108-106-78(103)47-45(48-52(81)56(85)60(89)57(86)53(48)82)73(102)77(105-76-70(99)66(95)63(92)67(96)71(76)100)74(104-75-68(97)64(93)62(91)65(94)69(75)98)46(47)49-54(83)58(87)61(90)59(88)55(49)84/h5-29,102H,1-4H3. The van der Waals surface area contributed by atoms with Gasteiger partial charge in [0.25, 0.3) is 0 Å². The first kappa shape index (κ1) is 73.4.